The lowest BCUT2D eigenvalue weighted by atomic mass is 10.0. The molecule has 0 radical (unpaired) electrons. The van der Waals surface area contributed by atoms with Crippen LogP contribution in [0.25, 0.3) is 0 Å². The highest BCUT2D eigenvalue weighted by Crippen LogP contribution is 2.29. The molecule has 0 saturated carbocycles. The lowest BCUT2D eigenvalue weighted by Crippen LogP contribution is -2.03. The van der Waals surface area contributed by atoms with Gasteiger partial charge >= 0.3 is 0 Å². The van der Waals surface area contributed by atoms with Crippen molar-refractivity contribution in [2.45, 2.75) is 24.6 Å². The fourth-order valence-electron chi connectivity index (χ4n) is 1.35. The zero-order chi connectivity index (χ0) is 12.3. The number of ketones is 1. The second-order valence-electron chi connectivity index (χ2n) is 3.37. The highest BCUT2D eigenvalue weighted by atomic mass is 35.5. The van der Waals surface area contributed by atoms with Gasteiger partial charge in [0.1, 0.15) is 5.38 Å². The van der Waals surface area contributed by atoms with E-state index in [2.05, 4.69) is 0 Å². The van der Waals surface area contributed by atoms with Gasteiger partial charge in [-0.3, -0.25) is 4.79 Å². The van der Waals surface area contributed by atoms with Crippen LogP contribution in [0.1, 0.15) is 35.4 Å². The number of Topliss-reactive ketones (excluding diaryl/α,β-unsaturated/α-hetero) is 1. The molecule has 0 fully saturated rings. The molecule has 0 N–H and O–H groups in total. The van der Waals surface area contributed by atoms with Gasteiger partial charge in [-0.1, -0.05) is 18.2 Å². The van der Waals surface area contributed by atoms with E-state index in [0.29, 0.717) is 11.1 Å². The second-order valence-corrected chi connectivity index (χ2v) is 4.07. The van der Waals surface area contributed by atoms with Crippen molar-refractivity contribution in [2.75, 3.05) is 0 Å². The van der Waals surface area contributed by atoms with E-state index in [4.69, 9.17) is 23.2 Å². The molecule has 0 aliphatic heterocycles. The highest BCUT2D eigenvalue weighted by Gasteiger charge is 2.17. The molecule has 0 aromatic heterocycles. The average Bonchev–Trinajstić information content (AvgIpc) is 2.26. The van der Waals surface area contributed by atoms with E-state index in [1.165, 1.54) is 25.1 Å². The van der Waals surface area contributed by atoms with Gasteiger partial charge in [0.05, 0.1) is 0 Å². The van der Waals surface area contributed by atoms with Crippen LogP contribution >= 0.6 is 23.2 Å². The fraction of sp³-hybridized carbons (Fsp3) is 0.364. The molecule has 16 heavy (non-hydrogen) atoms. The van der Waals surface area contributed by atoms with E-state index in [0.717, 1.165) is 0 Å². The van der Waals surface area contributed by atoms with Crippen LogP contribution in [0, 0.1) is 0 Å². The maximum atomic E-state index is 12.5. The third-order valence-electron chi connectivity index (χ3n) is 2.20. The molecule has 1 aromatic rings. The fourth-order valence-corrected chi connectivity index (χ4v) is 1.71. The summed E-state index contributed by atoms with van der Waals surface area (Å²) < 4.78 is 25.1. The molecule has 0 saturated heterocycles. The molecule has 1 unspecified atom stereocenters. The molecular weight excluding hydrogens is 257 g/mol. The van der Waals surface area contributed by atoms with Crippen molar-refractivity contribution in [3.8, 4) is 0 Å². The van der Waals surface area contributed by atoms with E-state index in [9.17, 15) is 13.6 Å². The zero-order valence-electron chi connectivity index (χ0n) is 8.51. The first-order valence-electron chi connectivity index (χ1n) is 4.58. The largest absolute Gasteiger partial charge is 0.298 e. The Morgan fingerprint density at radius 2 is 2.06 bits per heavy atom. The van der Waals surface area contributed by atoms with Crippen molar-refractivity contribution in [2.24, 2.45) is 0 Å². The first kappa shape index (κ1) is 13.4. The minimum absolute atomic E-state index is 0.0327. The van der Waals surface area contributed by atoms with Gasteiger partial charge in [-0.2, -0.15) is 0 Å². The first-order chi connectivity index (χ1) is 7.47. The predicted molar refractivity (Wildman–Crippen MR) is 60.2 cm³/mol. The molecule has 5 heteroatoms. The van der Waals surface area contributed by atoms with Crippen LogP contribution in [0.15, 0.2) is 18.2 Å². The number of hydrogen-bond donors (Lipinski definition) is 0. The third-order valence-corrected chi connectivity index (χ3v) is 3.04. The number of rotatable bonds is 4. The van der Waals surface area contributed by atoms with E-state index in [1.54, 1.807) is 0 Å². The summed E-state index contributed by atoms with van der Waals surface area (Å²) in [7, 11) is 0. The van der Waals surface area contributed by atoms with Crippen LogP contribution < -0.4 is 0 Å². The standard InChI is InChI=1S/C11H10Cl2F2O/c1-6(16)10(13)7-2-3-9(11(14)15)8(4-7)5-12/h2-4,10-11H,5H2,1H3. The minimum Gasteiger partial charge on any atom is -0.298 e. The Morgan fingerprint density at radius 3 is 2.50 bits per heavy atom. The molecule has 1 rings (SSSR count). The lowest BCUT2D eigenvalue weighted by molar-refractivity contribution is -0.116. The predicted octanol–water partition coefficient (Wildman–Crippen LogP) is 4.23. The molecule has 88 valence electrons. The molecule has 0 heterocycles. The summed E-state index contributed by atoms with van der Waals surface area (Å²) in [5.41, 5.74) is 0.682. The van der Waals surface area contributed by atoms with Gasteiger partial charge in [-0.15, -0.1) is 23.2 Å². The first-order valence-corrected chi connectivity index (χ1v) is 5.55. The van der Waals surface area contributed by atoms with Crippen molar-refractivity contribution >= 4 is 29.0 Å². The maximum Gasteiger partial charge on any atom is 0.264 e. The summed E-state index contributed by atoms with van der Waals surface area (Å²) in [4.78, 5) is 11.0. The molecule has 0 spiro atoms. The van der Waals surface area contributed by atoms with Crippen LogP contribution in [-0.2, 0) is 10.7 Å². The van der Waals surface area contributed by atoms with Gasteiger partial charge in [0.2, 0.25) is 0 Å². The quantitative estimate of drug-likeness (QED) is 0.746. The summed E-state index contributed by atoms with van der Waals surface area (Å²) in [6, 6.07) is 4.14. The number of alkyl halides is 4. The Labute approximate surface area is 102 Å². The van der Waals surface area contributed by atoms with E-state index in [-0.39, 0.29) is 17.2 Å². The average molecular weight is 267 g/mol. The Morgan fingerprint density at radius 1 is 1.44 bits per heavy atom. The molecule has 1 aromatic carbocycles. The van der Waals surface area contributed by atoms with Gasteiger partial charge < -0.3 is 0 Å². The van der Waals surface area contributed by atoms with E-state index in [1.807, 2.05) is 0 Å². The lowest BCUT2D eigenvalue weighted by Gasteiger charge is -2.11. The maximum absolute atomic E-state index is 12.5. The topological polar surface area (TPSA) is 17.1 Å². The second kappa shape index (κ2) is 5.60. The molecular formula is C11H10Cl2F2O. The van der Waals surface area contributed by atoms with Crippen molar-refractivity contribution in [3.63, 3.8) is 0 Å². The number of carbonyl (C=O) groups is 1. The van der Waals surface area contributed by atoms with Crippen LogP contribution in [0.2, 0.25) is 0 Å². The van der Waals surface area contributed by atoms with Crippen LogP contribution in [0.3, 0.4) is 0 Å². The van der Waals surface area contributed by atoms with Crippen molar-refractivity contribution < 1.29 is 13.6 Å². The normalized spacial score (nSPS) is 12.9. The van der Waals surface area contributed by atoms with Crippen molar-refractivity contribution in [1.82, 2.24) is 0 Å². The smallest absolute Gasteiger partial charge is 0.264 e. The summed E-state index contributed by atoms with van der Waals surface area (Å²) in [6.07, 6.45) is -2.58. The Bertz CT molecular complexity index is 394. The van der Waals surface area contributed by atoms with Gasteiger partial charge in [-0.25, -0.2) is 8.78 Å². The summed E-state index contributed by atoms with van der Waals surface area (Å²) in [6.45, 7) is 1.35. The molecule has 0 bridgehead atoms. The third kappa shape index (κ3) is 2.92. The molecule has 0 aliphatic rings. The number of halogens is 4. The summed E-state index contributed by atoms with van der Waals surface area (Å²) in [5.74, 6) is -0.262. The molecule has 1 nitrogen and oxygen atoms in total. The Hall–Kier alpha value is -0.670. The Kier molecular flexibility index (Phi) is 4.69. The zero-order valence-corrected chi connectivity index (χ0v) is 10.0. The summed E-state index contributed by atoms with van der Waals surface area (Å²) >= 11 is 11.4. The number of carbonyl (C=O) groups excluding carboxylic acids is 1. The van der Waals surface area contributed by atoms with Crippen LogP contribution in [0.5, 0.6) is 0 Å². The monoisotopic (exact) mass is 266 g/mol. The van der Waals surface area contributed by atoms with Crippen molar-refractivity contribution in [1.29, 1.82) is 0 Å². The van der Waals surface area contributed by atoms with Gasteiger partial charge in [0.15, 0.2) is 5.78 Å². The van der Waals surface area contributed by atoms with E-state index >= 15 is 0 Å². The summed E-state index contributed by atoms with van der Waals surface area (Å²) in [5, 5.41) is -0.811. The minimum atomic E-state index is -2.58. The van der Waals surface area contributed by atoms with Crippen LogP contribution in [-0.4, -0.2) is 5.78 Å². The van der Waals surface area contributed by atoms with Gasteiger partial charge in [0, 0.05) is 11.4 Å². The number of hydrogen-bond acceptors (Lipinski definition) is 1. The van der Waals surface area contributed by atoms with Gasteiger partial charge in [0.25, 0.3) is 6.43 Å². The Balaban J connectivity index is 3.13. The van der Waals surface area contributed by atoms with Gasteiger partial charge in [-0.05, 0) is 18.1 Å². The molecule has 1 atom stereocenters. The van der Waals surface area contributed by atoms with Crippen LogP contribution in [0.4, 0.5) is 8.78 Å². The van der Waals surface area contributed by atoms with E-state index < -0.39 is 11.8 Å². The SMILES string of the molecule is CC(=O)C(Cl)c1ccc(C(F)F)c(CCl)c1. The molecule has 0 aliphatic carbocycles. The van der Waals surface area contributed by atoms with Crippen molar-refractivity contribution in [3.05, 3.63) is 34.9 Å². The number of benzene rings is 1. The highest BCUT2D eigenvalue weighted by molar-refractivity contribution is 6.30. The molecule has 0 amide bonds.